The van der Waals surface area contributed by atoms with Crippen LogP contribution in [0.3, 0.4) is 0 Å². The van der Waals surface area contributed by atoms with E-state index in [2.05, 4.69) is 4.98 Å². The zero-order valence-corrected chi connectivity index (χ0v) is 11.6. The van der Waals surface area contributed by atoms with Gasteiger partial charge in [0.2, 0.25) is 0 Å². The van der Waals surface area contributed by atoms with Crippen molar-refractivity contribution < 1.29 is 9.52 Å². The minimum absolute atomic E-state index is 0.388. The highest BCUT2D eigenvalue weighted by atomic mass is 35.5. The van der Waals surface area contributed by atoms with Gasteiger partial charge in [-0.25, -0.2) is 4.79 Å². The van der Waals surface area contributed by atoms with Crippen molar-refractivity contribution in [2.75, 3.05) is 0 Å². The molecule has 1 atom stereocenters. The first-order valence-electron chi connectivity index (χ1n) is 5.30. The highest BCUT2D eigenvalue weighted by Gasteiger charge is 2.18. The van der Waals surface area contributed by atoms with Crippen LogP contribution in [0, 0.1) is 0 Å². The highest BCUT2D eigenvalue weighted by Crippen LogP contribution is 2.37. The van der Waals surface area contributed by atoms with Crippen molar-refractivity contribution in [3.8, 4) is 0 Å². The van der Waals surface area contributed by atoms with E-state index in [-0.39, 0.29) is 0 Å². The van der Waals surface area contributed by atoms with E-state index in [1.165, 1.54) is 11.3 Å². The van der Waals surface area contributed by atoms with Crippen molar-refractivity contribution in [3.63, 3.8) is 0 Å². The van der Waals surface area contributed by atoms with Gasteiger partial charge in [0, 0.05) is 5.56 Å². The van der Waals surface area contributed by atoms with Gasteiger partial charge in [-0.1, -0.05) is 29.3 Å². The van der Waals surface area contributed by atoms with Gasteiger partial charge in [0.05, 0.1) is 9.85 Å². The lowest BCUT2D eigenvalue weighted by atomic mass is 10.0. The number of aromatic amines is 1. The summed E-state index contributed by atoms with van der Waals surface area (Å²) in [5, 5.41) is 10.3. The third kappa shape index (κ3) is 2.30. The number of fused-ring (bicyclic) bond motifs is 1. The molecule has 0 aliphatic carbocycles. The molecule has 7 heteroatoms. The van der Waals surface area contributed by atoms with Crippen molar-refractivity contribution >= 4 is 45.6 Å². The first-order chi connectivity index (χ1) is 9.04. The highest BCUT2D eigenvalue weighted by molar-refractivity contribution is 7.20. The molecule has 0 radical (unpaired) electrons. The number of aromatic nitrogens is 1. The Labute approximate surface area is 121 Å². The molecule has 3 rings (SSSR count). The number of hydrogen-bond donors (Lipinski definition) is 2. The predicted octanol–water partition coefficient (Wildman–Crippen LogP) is 3.57. The number of halogens is 2. The zero-order chi connectivity index (χ0) is 13.6. The van der Waals surface area contributed by atoms with Crippen LogP contribution in [-0.2, 0) is 0 Å². The minimum atomic E-state index is -0.916. The monoisotopic (exact) mass is 315 g/mol. The van der Waals surface area contributed by atoms with E-state index in [0.717, 1.165) is 0 Å². The summed E-state index contributed by atoms with van der Waals surface area (Å²) in [6, 6.07) is 6.58. The SMILES string of the molecule is O=c1[nH]c2ccc(C(O)c3cc(Cl)sc3Cl)cc2o1. The third-order valence-corrected chi connectivity index (χ3v) is 4.26. The number of aliphatic hydroxyl groups excluding tert-OH is 1. The summed E-state index contributed by atoms with van der Waals surface area (Å²) in [5.41, 5.74) is 2.08. The summed E-state index contributed by atoms with van der Waals surface area (Å²) in [6.07, 6.45) is -0.916. The predicted molar refractivity (Wildman–Crippen MR) is 75.2 cm³/mol. The molecule has 1 aromatic carbocycles. The molecule has 0 bridgehead atoms. The smallest absolute Gasteiger partial charge is 0.408 e. The standard InChI is InChI=1S/C12H7Cl2NO3S/c13-9-4-6(11(14)19-9)10(16)5-1-2-7-8(3-5)18-12(17)15-7/h1-4,10,16H,(H,15,17). The lowest BCUT2D eigenvalue weighted by Gasteiger charge is -2.09. The molecule has 3 aromatic rings. The number of nitrogens with one attached hydrogen (secondary N) is 1. The molecule has 0 saturated heterocycles. The zero-order valence-electron chi connectivity index (χ0n) is 9.31. The molecule has 0 spiro atoms. The van der Waals surface area contributed by atoms with Gasteiger partial charge in [-0.15, -0.1) is 11.3 Å². The molecule has 2 aromatic heterocycles. The fraction of sp³-hybridized carbons (Fsp3) is 0.0833. The number of oxazole rings is 1. The van der Waals surface area contributed by atoms with Crippen LogP contribution in [0.4, 0.5) is 0 Å². The quantitative estimate of drug-likeness (QED) is 0.759. The van der Waals surface area contributed by atoms with Crippen molar-refractivity contribution in [1.29, 1.82) is 0 Å². The topological polar surface area (TPSA) is 66.2 Å². The Hall–Kier alpha value is -1.27. The van der Waals surface area contributed by atoms with Crippen LogP contribution in [0.15, 0.2) is 33.5 Å². The Morgan fingerprint density at radius 3 is 2.79 bits per heavy atom. The van der Waals surface area contributed by atoms with Gasteiger partial charge in [0.25, 0.3) is 0 Å². The first-order valence-corrected chi connectivity index (χ1v) is 6.87. The van der Waals surface area contributed by atoms with Gasteiger partial charge in [0.1, 0.15) is 10.4 Å². The average Bonchev–Trinajstić information content (AvgIpc) is 2.88. The van der Waals surface area contributed by atoms with Crippen LogP contribution in [0.1, 0.15) is 17.2 Å². The van der Waals surface area contributed by atoms with E-state index in [1.54, 1.807) is 24.3 Å². The maximum atomic E-state index is 11.1. The van der Waals surface area contributed by atoms with E-state index in [1.807, 2.05) is 0 Å². The van der Waals surface area contributed by atoms with Gasteiger partial charge in [-0.3, -0.25) is 4.98 Å². The maximum Gasteiger partial charge on any atom is 0.417 e. The van der Waals surface area contributed by atoms with E-state index in [0.29, 0.717) is 30.9 Å². The van der Waals surface area contributed by atoms with Gasteiger partial charge in [0.15, 0.2) is 5.58 Å². The summed E-state index contributed by atoms with van der Waals surface area (Å²) in [4.78, 5) is 13.6. The number of thiophene rings is 1. The maximum absolute atomic E-state index is 11.1. The van der Waals surface area contributed by atoms with Gasteiger partial charge in [-0.05, 0) is 23.8 Å². The molecule has 0 fully saturated rings. The summed E-state index contributed by atoms with van der Waals surface area (Å²) >= 11 is 13.1. The Kier molecular flexibility index (Phi) is 3.14. The molecule has 0 aliphatic rings. The van der Waals surface area contributed by atoms with Gasteiger partial charge >= 0.3 is 5.76 Å². The van der Waals surface area contributed by atoms with Gasteiger partial charge in [-0.2, -0.15) is 0 Å². The number of rotatable bonds is 2. The van der Waals surface area contributed by atoms with E-state index < -0.39 is 11.9 Å². The number of hydrogen-bond acceptors (Lipinski definition) is 4. The lowest BCUT2D eigenvalue weighted by Crippen LogP contribution is -1.98. The summed E-state index contributed by atoms with van der Waals surface area (Å²) in [6.45, 7) is 0. The van der Waals surface area contributed by atoms with Crippen LogP contribution >= 0.6 is 34.5 Å². The first kappa shape index (κ1) is 12.7. The Bertz CT molecular complexity index is 805. The van der Waals surface area contributed by atoms with Crippen molar-refractivity contribution in [1.82, 2.24) is 4.98 Å². The second-order valence-corrected chi connectivity index (χ2v) is 6.24. The van der Waals surface area contributed by atoms with Crippen LogP contribution in [0.2, 0.25) is 8.67 Å². The molecule has 0 aliphatic heterocycles. The number of benzene rings is 1. The summed E-state index contributed by atoms with van der Waals surface area (Å²) in [5.74, 6) is -0.529. The molecule has 98 valence electrons. The molecule has 2 N–H and O–H groups in total. The Balaban J connectivity index is 2.08. The van der Waals surface area contributed by atoms with E-state index >= 15 is 0 Å². The largest absolute Gasteiger partial charge is 0.417 e. The van der Waals surface area contributed by atoms with Crippen LogP contribution < -0.4 is 5.76 Å². The van der Waals surface area contributed by atoms with Crippen LogP contribution in [-0.4, -0.2) is 10.1 Å². The molecule has 19 heavy (non-hydrogen) atoms. The lowest BCUT2D eigenvalue weighted by molar-refractivity contribution is 0.221. The molecule has 4 nitrogen and oxygen atoms in total. The molecule has 0 saturated carbocycles. The number of aliphatic hydroxyl groups is 1. The molecule has 0 amide bonds. The Morgan fingerprint density at radius 2 is 2.11 bits per heavy atom. The molecular weight excluding hydrogens is 309 g/mol. The molecule has 1 unspecified atom stereocenters. The van der Waals surface area contributed by atoms with Crippen LogP contribution in [0.5, 0.6) is 0 Å². The molecular formula is C12H7Cl2NO3S. The van der Waals surface area contributed by atoms with E-state index in [9.17, 15) is 9.90 Å². The Morgan fingerprint density at radius 1 is 1.32 bits per heavy atom. The molecule has 2 heterocycles. The average molecular weight is 316 g/mol. The summed E-state index contributed by atoms with van der Waals surface area (Å²) < 4.78 is 5.90. The number of H-pyrrole nitrogens is 1. The van der Waals surface area contributed by atoms with Gasteiger partial charge < -0.3 is 9.52 Å². The fourth-order valence-corrected chi connectivity index (χ4v) is 3.37. The fourth-order valence-electron chi connectivity index (χ4n) is 1.85. The minimum Gasteiger partial charge on any atom is -0.408 e. The normalized spacial score (nSPS) is 13.0. The van der Waals surface area contributed by atoms with Crippen LogP contribution in [0.25, 0.3) is 11.1 Å². The third-order valence-electron chi connectivity index (χ3n) is 2.74. The van der Waals surface area contributed by atoms with Crippen molar-refractivity contribution in [2.24, 2.45) is 0 Å². The second-order valence-electron chi connectivity index (χ2n) is 3.95. The summed E-state index contributed by atoms with van der Waals surface area (Å²) in [7, 11) is 0. The van der Waals surface area contributed by atoms with E-state index in [4.69, 9.17) is 27.6 Å². The van der Waals surface area contributed by atoms with Crippen molar-refractivity contribution in [3.05, 3.63) is 54.6 Å². The second kappa shape index (κ2) is 4.68. The van der Waals surface area contributed by atoms with Crippen molar-refractivity contribution in [2.45, 2.75) is 6.10 Å².